The van der Waals surface area contributed by atoms with Crippen LogP contribution in [0.25, 0.3) is 0 Å². The van der Waals surface area contributed by atoms with Crippen LogP contribution in [0.15, 0.2) is 47.1 Å². The first-order valence-electron chi connectivity index (χ1n) is 6.28. The largest absolute Gasteiger partial charge is 0.494 e. The Labute approximate surface area is 121 Å². The quantitative estimate of drug-likeness (QED) is 0.917. The van der Waals surface area contributed by atoms with E-state index in [1.165, 1.54) is 0 Å². The molecule has 2 rings (SSSR count). The van der Waals surface area contributed by atoms with Crippen LogP contribution in [0.2, 0.25) is 0 Å². The summed E-state index contributed by atoms with van der Waals surface area (Å²) in [4.78, 5) is 4.35. The van der Waals surface area contributed by atoms with Crippen LogP contribution in [0.4, 0.5) is 0 Å². The normalized spacial score (nSPS) is 12.2. The van der Waals surface area contributed by atoms with Crippen molar-refractivity contribution in [3.8, 4) is 5.75 Å². The van der Waals surface area contributed by atoms with Gasteiger partial charge in [0.15, 0.2) is 0 Å². The van der Waals surface area contributed by atoms with Gasteiger partial charge in [0.05, 0.1) is 6.61 Å². The first-order chi connectivity index (χ1) is 9.20. The number of nitrogens with two attached hydrogens (primary N) is 1. The maximum Gasteiger partial charge on any atom is 0.124 e. The molecule has 1 aromatic heterocycles. The second-order valence-electron chi connectivity index (χ2n) is 4.25. The van der Waals surface area contributed by atoms with Crippen molar-refractivity contribution in [1.82, 2.24) is 4.98 Å². The van der Waals surface area contributed by atoms with E-state index in [2.05, 4.69) is 20.9 Å². The predicted octanol–water partition coefficient (Wildman–Crippen LogP) is 3.49. The van der Waals surface area contributed by atoms with Gasteiger partial charge in [-0.05, 0) is 41.1 Å². The van der Waals surface area contributed by atoms with Gasteiger partial charge in [0.1, 0.15) is 5.75 Å². The first-order valence-corrected chi connectivity index (χ1v) is 7.07. The van der Waals surface area contributed by atoms with E-state index in [0.717, 1.165) is 21.5 Å². The molecule has 4 heteroatoms. The fraction of sp³-hybridized carbons (Fsp3) is 0.267. The number of rotatable bonds is 5. The van der Waals surface area contributed by atoms with E-state index in [-0.39, 0.29) is 6.04 Å². The summed E-state index contributed by atoms with van der Waals surface area (Å²) in [7, 11) is 0. The highest BCUT2D eigenvalue weighted by Crippen LogP contribution is 2.25. The van der Waals surface area contributed by atoms with E-state index in [1.807, 2.05) is 43.3 Å². The molecule has 0 saturated heterocycles. The molecular formula is C15H17BrN2O. The Kier molecular flexibility index (Phi) is 4.93. The van der Waals surface area contributed by atoms with Crippen molar-refractivity contribution in [3.63, 3.8) is 0 Å². The predicted molar refractivity (Wildman–Crippen MR) is 80.2 cm³/mol. The zero-order valence-electron chi connectivity index (χ0n) is 10.8. The Morgan fingerprint density at radius 3 is 2.74 bits per heavy atom. The number of hydrogen-bond acceptors (Lipinski definition) is 3. The molecule has 1 atom stereocenters. The molecule has 0 amide bonds. The summed E-state index contributed by atoms with van der Waals surface area (Å²) in [5, 5.41) is 0. The average Bonchev–Trinajstić information content (AvgIpc) is 2.42. The number of para-hydroxylation sites is 1. The number of hydrogen-bond donors (Lipinski definition) is 1. The molecule has 1 aromatic carbocycles. The Balaban J connectivity index is 2.15. The lowest BCUT2D eigenvalue weighted by Crippen LogP contribution is -2.15. The monoisotopic (exact) mass is 320 g/mol. The van der Waals surface area contributed by atoms with Crippen LogP contribution in [-0.4, -0.2) is 11.6 Å². The van der Waals surface area contributed by atoms with Gasteiger partial charge < -0.3 is 10.5 Å². The van der Waals surface area contributed by atoms with E-state index in [1.54, 1.807) is 6.20 Å². The van der Waals surface area contributed by atoms with Crippen molar-refractivity contribution in [2.45, 2.75) is 19.4 Å². The van der Waals surface area contributed by atoms with Crippen molar-refractivity contribution < 1.29 is 4.74 Å². The molecule has 1 heterocycles. The van der Waals surface area contributed by atoms with Gasteiger partial charge >= 0.3 is 0 Å². The number of benzene rings is 1. The van der Waals surface area contributed by atoms with Crippen LogP contribution in [0.5, 0.6) is 5.75 Å². The SMILES string of the molecule is CCOc1ccccc1C(N)Cc1ccc(Br)cn1. The lowest BCUT2D eigenvalue weighted by atomic mass is 10.0. The summed E-state index contributed by atoms with van der Waals surface area (Å²) in [5.74, 6) is 0.856. The number of halogens is 1. The van der Waals surface area contributed by atoms with Gasteiger partial charge in [-0.3, -0.25) is 4.98 Å². The van der Waals surface area contributed by atoms with Crippen LogP contribution in [0, 0.1) is 0 Å². The molecule has 2 N–H and O–H groups in total. The minimum absolute atomic E-state index is 0.114. The molecule has 3 nitrogen and oxygen atoms in total. The highest BCUT2D eigenvalue weighted by molar-refractivity contribution is 9.10. The van der Waals surface area contributed by atoms with Gasteiger partial charge in [-0.1, -0.05) is 18.2 Å². The highest BCUT2D eigenvalue weighted by atomic mass is 79.9. The Morgan fingerprint density at radius 1 is 1.26 bits per heavy atom. The zero-order chi connectivity index (χ0) is 13.7. The van der Waals surface area contributed by atoms with Gasteiger partial charge in [-0.2, -0.15) is 0 Å². The van der Waals surface area contributed by atoms with Gasteiger partial charge in [0.2, 0.25) is 0 Å². The molecule has 2 aromatic rings. The molecule has 1 unspecified atom stereocenters. The maximum absolute atomic E-state index is 6.26. The number of aromatic nitrogens is 1. The van der Waals surface area contributed by atoms with Gasteiger partial charge in [-0.25, -0.2) is 0 Å². The molecule has 0 bridgehead atoms. The van der Waals surface area contributed by atoms with Crippen LogP contribution in [0.3, 0.4) is 0 Å². The summed E-state index contributed by atoms with van der Waals surface area (Å²) in [6.45, 7) is 2.61. The minimum Gasteiger partial charge on any atom is -0.494 e. The highest BCUT2D eigenvalue weighted by Gasteiger charge is 2.12. The lowest BCUT2D eigenvalue weighted by Gasteiger charge is -2.16. The summed E-state index contributed by atoms with van der Waals surface area (Å²) in [5.41, 5.74) is 8.26. The maximum atomic E-state index is 6.26. The third-order valence-electron chi connectivity index (χ3n) is 2.84. The smallest absolute Gasteiger partial charge is 0.124 e. The first kappa shape index (κ1) is 14.0. The van der Waals surface area contributed by atoms with E-state index in [0.29, 0.717) is 13.0 Å². The minimum atomic E-state index is -0.114. The number of pyridine rings is 1. The third-order valence-corrected chi connectivity index (χ3v) is 3.31. The van der Waals surface area contributed by atoms with Crippen LogP contribution in [-0.2, 0) is 6.42 Å². The van der Waals surface area contributed by atoms with Gasteiger partial charge in [0.25, 0.3) is 0 Å². The molecule has 0 spiro atoms. The summed E-state index contributed by atoms with van der Waals surface area (Å²) < 4.78 is 6.58. The van der Waals surface area contributed by atoms with Crippen molar-refractivity contribution >= 4 is 15.9 Å². The van der Waals surface area contributed by atoms with Crippen LogP contribution in [0.1, 0.15) is 24.2 Å². The standard InChI is InChI=1S/C15H17BrN2O/c1-2-19-15-6-4-3-5-13(15)14(17)9-12-8-7-11(16)10-18-12/h3-8,10,14H,2,9,17H2,1H3. The molecule has 0 aliphatic heterocycles. The second kappa shape index (κ2) is 6.68. The molecular weight excluding hydrogens is 304 g/mol. The molecule has 0 aliphatic carbocycles. The average molecular weight is 321 g/mol. The lowest BCUT2D eigenvalue weighted by molar-refractivity contribution is 0.334. The zero-order valence-corrected chi connectivity index (χ0v) is 12.4. The van der Waals surface area contributed by atoms with E-state index >= 15 is 0 Å². The fourth-order valence-electron chi connectivity index (χ4n) is 1.94. The van der Waals surface area contributed by atoms with Crippen LogP contribution < -0.4 is 10.5 Å². The summed E-state index contributed by atoms with van der Waals surface area (Å²) in [6, 6.07) is 11.7. The third kappa shape index (κ3) is 3.78. The van der Waals surface area contributed by atoms with Gasteiger partial charge in [0, 0.05) is 34.4 Å². The molecule has 19 heavy (non-hydrogen) atoms. The van der Waals surface area contributed by atoms with Crippen molar-refractivity contribution in [2.24, 2.45) is 5.73 Å². The van der Waals surface area contributed by atoms with Crippen molar-refractivity contribution in [3.05, 3.63) is 58.3 Å². The number of nitrogens with zero attached hydrogens (tertiary/aromatic N) is 1. The molecule has 100 valence electrons. The molecule has 0 aliphatic rings. The van der Waals surface area contributed by atoms with E-state index in [4.69, 9.17) is 10.5 Å². The Morgan fingerprint density at radius 2 is 2.05 bits per heavy atom. The topological polar surface area (TPSA) is 48.1 Å². The second-order valence-corrected chi connectivity index (χ2v) is 5.16. The number of ether oxygens (including phenoxy) is 1. The fourth-order valence-corrected chi connectivity index (χ4v) is 2.17. The van der Waals surface area contributed by atoms with E-state index < -0.39 is 0 Å². The molecule has 0 radical (unpaired) electrons. The summed E-state index contributed by atoms with van der Waals surface area (Å²) in [6.07, 6.45) is 2.48. The van der Waals surface area contributed by atoms with E-state index in [9.17, 15) is 0 Å². The van der Waals surface area contributed by atoms with Crippen molar-refractivity contribution in [2.75, 3.05) is 6.61 Å². The van der Waals surface area contributed by atoms with Gasteiger partial charge in [-0.15, -0.1) is 0 Å². The Hall–Kier alpha value is -1.39. The van der Waals surface area contributed by atoms with Crippen LogP contribution >= 0.6 is 15.9 Å². The van der Waals surface area contributed by atoms with Crippen molar-refractivity contribution in [1.29, 1.82) is 0 Å². The molecule has 0 saturated carbocycles. The molecule has 0 fully saturated rings. The Bertz CT molecular complexity index is 528. The summed E-state index contributed by atoms with van der Waals surface area (Å²) >= 11 is 3.37.